The molecule has 1 atom stereocenters. The van der Waals surface area contributed by atoms with E-state index in [2.05, 4.69) is 10.2 Å². The number of rotatable bonds is 9. The van der Waals surface area contributed by atoms with Crippen molar-refractivity contribution in [2.45, 2.75) is 6.04 Å². The van der Waals surface area contributed by atoms with Gasteiger partial charge < -0.3 is 28.7 Å². The first kappa shape index (κ1) is 21.7. The summed E-state index contributed by atoms with van der Waals surface area (Å²) in [4.78, 5) is 14.7. The minimum Gasteiger partial charge on any atom is -0.493 e. The van der Waals surface area contributed by atoms with E-state index < -0.39 is 0 Å². The van der Waals surface area contributed by atoms with Gasteiger partial charge in [-0.2, -0.15) is 0 Å². The van der Waals surface area contributed by atoms with Gasteiger partial charge in [0.15, 0.2) is 11.5 Å². The van der Waals surface area contributed by atoms with Crippen LogP contribution in [-0.4, -0.2) is 65.0 Å². The molecule has 1 aromatic carbocycles. The molecule has 0 bridgehead atoms. The molecule has 2 heterocycles. The SMILES string of the molecule is COc1cc(/C=C/C(=O)NCC(c2ccco2)N2CCOCC2)cc(OC)c1OC. The Kier molecular flexibility index (Phi) is 7.75. The van der Waals surface area contributed by atoms with E-state index in [1.807, 2.05) is 12.1 Å². The molecule has 8 nitrogen and oxygen atoms in total. The zero-order valence-electron chi connectivity index (χ0n) is 17.6. The lowest BCUT2D eigenvalue weighted by Gasteiger charge is -2.33. The molecular formula is C22H28N2O6. The molecule has 1 fully saturated rings. The van der Waals surface area contributed by atoms with Crippen molar-refractivity contribution in [1.82, 2.24) is 10.2 Å². The fraction of sp³-hybridized carbons (Fsp3) is 0.409. The zero-order chi connectivity index (χ0) is 21.3. The van der Waals surface area contributed by atoms with E-state index in [4.69, 9.17) is 23.4 Å². The van der Waals surface area contributed by atoms with Gasteiger partial charge in [-0.25, -0.2) is 0 Å². The minimum atomic E-state index is -0.200. The molecule has 8 heteroatoms. The van der Waals surface area contributed by atoms with E-state index in [1.54, 1.807) is 45.8 Å². The first-order chi connectivity index (χ1) is 14.7. The maximum Gasteiger partial charge on any atom is 0.244 e. The van der Waals surface area contributed by atoms with Gasteiger partial charge in [0.05, 0.1) is 46.8 Å². The fourth-order valence-electron chi connectivity index (χ4n) is 3.41. The maximum absolute atomic E-state index is 12.4. The number of nitrogens with zero attached hydrogens (tertiary/aromatic N) is 1. The molecule has 1 aromatic heterocycles. The second kappa shape index (κ2) is 10.7. The largest absolute Gasteiger partial charge is 0.493 e. The van der Waals surface area contributed by atoms with E-state index in [-0.39, 0.29) is 11.9 Å². The first-order valence-corrected chi connectivity index (χ1v) is 9.77. The van der Waals surface area contributed by atoms with Crippen molar-refractivity contribution in [3.05, 3.63) is 47.9 Å². The molecule has 1 aliphatic rings. The number of benzene rings is 1. The molecule has 1 saturated heterocycles. The van der Waals surface area contributed by atoms with Gasteiger partial charge >= 0.3 is 0 Å². The molecule has 1 amide bonds. The Morgan fingerprint density at radius 1 is 1.17 bits per heavy atom. The summed E-state index contributed by atoms with van der Waals surface area (Å²) in [5, 5.41) is 2.96. The maximum atomic E-state index is 12.4. The average Bonchev–Trinajstić information content (AvgIpc) is 3.32. The van der Waals surface area contributed by atoms with Gasteiger partial charge in [-0.05, 0) is 35.9 Å². The van der Waals surface area contributed by atoms with Crippen LogP contribution in [0.1, 0.15) is 17.4 Å². The molecule has 162 valence electrons. The van der Waals surface area contributed by atoms with Crippen LogP contribution in [0.2, 0.25) is 0 Å². The summed E-state index contributed by atoms with van der Waals surface area (Å²) in [6, 6.07) is 7.31. The highest BCUT2D eigenvalue weighted by atomic mass is 16.5. The van der Waals surface area contributed by atoms with Crippen LogP contribution in [0.15, 0.2) is 41.0 Å². The highest BCUT2D eigenvalue weighted by Crippen LogP contribution is 2.38. The summed E-state index contributed by atoms with van der Waals surface area (Å²) in [7, 11) is 4.66. The van der Waals surface area contributed by atoms with Crippen LogP contribution < -0.4 is 19.5 Å². The normalized spacial score (nSPS) is 15.7. The topological polar surface area (TPSA) is 82.4 Å². The quantitative estimate of drug-likeness (QED) is 0.629. The number of amides is 1. The van der Waals surface area contributed by atoms with Crippen LogP contribution in [0, 0.1) is 0 Å². The first-order valence-electron chi connectivity index (χ1n) is 9.77. The lowest BCUT2D eigenvalue weighted by Crippen LogP contribution is -2.43. The number of ether oxygens (including phenoxy) is 4. The van der Waals surface area contributed by atoms with Gasteiger partial charge in [0, 0.05) is 25.7 Å². The molecule has 3 rings (SSSR count). The van der Waals surface area contributed by atoms with Crippen molar-refractivity contribution in [3.63, 3.8) is 0 Å². The number of nitrogens with one attached hydrogen (secondary N) is 1. The summed E-state index contributed by atoms with van der Waals surface area (Å²) < 4.78 is 27.0. The van der Waals surface area contributed by atoms with Crippen LogP contribution in [-0.2, 0) is 9.53 Å². The summed E-state index contributed by atoms with van der Waals surface area (Å²) in [5.74, 6) is 2.19. The molecule has 1 unspecified atom stereocenters. The smallest absolute Gasteiger partial charge is 0.244 e. The predicted molar refractivity (Wildman–Crippen MR) is 112 cm³/mol. The van der Waals surface area contributed by atoms with Crippen molar-refractivity contribution in [2.24, 2.45) is 0 Å². The number of furan rings is 1. The Bertz CT molecular complexity index is 818. The molecule has 30 heavy (non-hydrogen) atoms. The highest BCUT2D eigenvalue weighted by Gasteiger charge is 2.25. The zero-order valence-corrected chi connectivity index (χ0v) is 17.6. The third kappa shape index (κ3) is 5.34. The summed E-state index contributed by atoms with van der Waals surface area (Å²) in [5.41, 5.74) is 0.760. The van der Waals surface area contributed by atoms with Gasteiger partial charge in [-0.15, -0.1) is 0 Å². The predicted octanol–water partition coefficient (Wildman–Crippen LogP) is 2.51. The monoisotopic (exact) mass is 416 g/mol. The molecule has 1 aliphatic heterocycles. The number of morpholine rings is 1. The molecule has 1 N–H and O–H groups in total. The number of methoxy groups -OCH3 is 3. The minimum absolute atomic E-state index is 0.0394. The van der Waals surface area contributed by atoms with Crippen LogP contribution in [0.4, 0.5) is 0 Å². The van der Waals surface area contributed by atoms with E-state index in [0.29, 0.717) is 37.0 Å². The third-order valence-electron chi connectivity index (χ3n) is 4.94. The molecule has 0 spiro atoms. The fourth-order valence-corrected chi connectivity index (χ4v) is 3.41. The molecule has 2 aromatic rings. The lowest BCUT2D eigenvalue weighted by atomic mass is 10.1. The second-order valence-corrected chi connectivity index (χ2v) is 6.72. The van der Waals surface area contributed by atoms with Gasteiger partial charge in [-0.3, -0.25) is 9.69 Å². The molecule has 0 saturated carbocycles. The van der Waals surface area contributed by atoms with Gasteiger partial charge in [0.25, 0.3) is 0 Å². The standard InChI is InChI=1S/C22H28N2O6/c1-26-19-13-16(14-20(27-2)22(19)28-3)6-7-21(25)23-15-17(18-5-4-10-30-18)24-8-11-29-12-9-24/h4-7,10,13-14,17H,8-9,11-12,15H2,1-3H3,(H,23,25)/b7-6+. The lowest BCUT2D eigenvalue weighted by molar-refractivity contribution is -0.116. The summed E-state index contributed by atoms with van der Waals surface area (Å²) in [6.45, 7) is 3.37. The summed E-state index contributed by atoms with van der Waals surface area (Å²) >= 11 is 0. The van der Waals surface area contributed by atoms with E-state index in [1.165, 1.54) is 6.08 Å². The highest BCUT2D eigenvalue weighted by molar-refractivity contribution is 5.91. The number of carbonyl (C=O) groups is 1. The molecular weight excluding hydrogens is 388 g/mol. The Morgan fingerprint density at radius 3 is 2.43 bits per heavy atom. The van der Waals surface area contributed by atoms with Crippen molar-refractivity contribution in [1.29, 1.82) is 0 Å². The van der Waals surface area contributed by atoms with E-state index in [9.17, 15) is 4.79 Å². The molecule has 0 radical (unpaired) electrons. The van der Waals surface area contributed by atoms with E-state index in [0.717, 1.165) is 24.4 Å². The average molecular weight is 416 g/mol. The van der Waals surface area contributed by atoms with Crippen LogP contribution in [0.5, 0.6) is 17.2 Å². The van der Waals surface area contributed by atoms with Crippen LogP contribution in [0.25, 0.3) is 6.08 Å². The Hall–Kier alpha value is -2.97. The number of carbonyl (C=O) groups excluding carboxylic acids is 1. The van der Waals surface area contributed by atoms with Gasteiger partial charge in [-0.1, -0.05) is 0 Å². The van der Waals surface area contributed by atoms with Crippen molar-refractivity contribution in [3.8, 4) is 17.2 Å². The van der Waals surface area contributed by atoms with Gasteiger partial charge in [0.1, 0.15) is 5.76 Å². The Morgan fingerprint density at radius 2 is 1.87 bits per heavy atom. The van der Waals surface area contributed by atoms with Crippen LogP contribution in [0.3, 0.4) is 0 Å². The Labute approximate surface area is 176 Å². The second-order valence-electron chi connectivity index (χ2n) is 6.72. The van der Waals surface area contributed by atoms with Gasteiger partial charge in [0.2, 0.25) is 11.7 Å². The molecule has 0 aliphatic carbocycles. The number of hydrogen-bond acceptors (Lipinski definition) is 7. The van der Waals surface area contributed by atoms with E-state index >= 15 is 0 Å². The van der Waals surface area contributed by atoms with Crippen LogP contribution >= 0.6 is 0 Å². The van der Waals surface area contributed by atoms with Crippen molar-refractivity contribution in [2.75, 3.05) is 54.2 Å². The Balaban J connectivity index is 1.66. The van der Waals surface area contributed by atoms with Crippen molar-refractivity contribution < 1.29 is 28.2 Å². The summed E-state index contributed by atoms with van der Waals surface area (Å²) in [6.07, 6.45) is 4.84. The third-order valence-corrected chi connectivity index (χ3v) is 4.94. The number of hydrogen-bond donors (Lipinski definition) is 1. The van der Waals surface area contributed by atoms with Crippen molar-refractivity contribution >= 4 is 12.0 Å².